The van der Waals surface area contributed by atoms with E-state index in [9.17, 15) is 9.90 Å². The number of rotatable bonds is 4. The van der Waals surface area contributed by atoms with Crippen molar-refractivity contribution in [1.82, 2.24) is 5.32 Å². The zero-order valence-corrected chi connectivity index (χ0v) is 14.2. The van der Waals surface area contributed by atoms with Gasteiger partial charge in [0.25, 0.3) is 0 Å². The Morgan fingerprint density at radius 1 is 1.17 bits per heavy atom. The van der Waals surface area contributed by atoms with Gasteiger partial charge >= 0.3 is 6.03 Å². The molecular weight excluding hydrogens is 300 g/mol. The van der Waals surface area contributed by atoms with Crippen LogP contribution in [0.25, 0.3) is 0 Å². The molecule has 3 N–H and O–H groups in total. The molecule has 1 unspecified atom stereocenters. The molecule has 24 heavy (non-hydrogen) atoms. The third-order valence-corrected chi connectivity index (χ3v) is 4.81. The van der Waals surface area contributed by atoms with Gasteiger partial charge in [-0.1, -0.05) is 56.3 Å². The minimum absolute atomic E-state index is 0.108. The number of amides is 2. The molecule has 1 aliphatic rings. The molecule has 0 aliphatic heterocycles. The van der Waals surface area contributed by atoms with Crippen LogP contribution in [0, 0.1) is 0 Å². The Morgan fingerprint density at radius 2 is 1.88 bits per heavy atom. The van der Waals surface area contributed by atoms with E-state index in [0.717, 1.165) is 23.2 Å². The summed E-state index contributed by atoms with van der Waals surface area (Å²) in [5, 5.41) is 15.9. The first-order chi connectivity index (χ1) is 11.6. The van der Waals surface area contributed by atoms with Crippen molar-refractivity contribution >= 4 is 11.7 Å². The van der Waals surface area contributed by atoms with Crippen LogP contribution in [0.1, 0.15) is 42.9 Å². The molecule has 0 radical (unpaired) electrons. The molecule has 4 nitrogen and oxygen atoms in total. The second-order valence-corrected chi connectivity index (χ2v) is 6.72. The van der Waals surface area contributed by atoms with Crippen molar-refractivity contribution in [2.24, 2.45) is 0 Å². The van der Waals surface area contributed by atoms with Gasteiger partial charge in [0, 0.05) is 5.69 Å². The molecule has 0 aromatic heterocycles. The molecular formula is C20H24N2O2. The fourth-order valence-corrected chi connectivity index (χ4v) is 3.51. The van der Waals surface area contributed by atoms with Gasteiger partial charge in [-0.25, -0.2) is 4.79 Å². The number of hydrogen-bond acceptors (Lipinski definition) is 2. The van der Waals surface area contributed by atoms with Gasteiger partial charge in [-0.05, 0) is 41.5 Å². The average Bonchev–Trinajstić information content (AvgIpc) is 2.94. The Kier molecular flexibility index (Phi) is 4.58. The van der Waals surface area contributed by atoms with Crippen LogP contribution in [-0.2, 0) is 12.0 Å². The zero-order chi connectivity index (χ0) is 17.2. The first-order valence-corrected chi connectivity index (χ1v) is 8.43. The van der Waals surface area contributed by atoms with E-state index in [0.29, 0.717) is 12.3 Å². The van der Waals surface area contributed by atoms with Crippen molar-refractivity contribution in [2.75, 3.05) is 11.9 Å². The Hall–Kier alpha value is -2.33. The van der Waals surface area contributed by atoms with Crippen LogP contribution in [0.3, 0.4) is 0 Å². The van der Waals surface area contributed by atoms with Gasteiger partial charge in [0.1, 0.15) is 0 Å². The van der Waals surface area contributed by atoms with Crippen molar-refractivity contribution in [1.29, 1.82) is 0 Å². The summed E-state index contributed by atoms with van der Waals surface area (Å²) in [5.41, 5.74) is 3.41. The number of aliphatic hydroxyl groups excluding tert-OH is 1. The van der Waals surface area contributed by atoms with Gasteiger partial charge in [0.05, 0.1) is 12.1 Å². The summed E-state index contributed by atoms with van der Waals surface area (Å²) >= 11 is 0. The third kappa shape index (κ3) is 3.02. The highest BCUT2D eigenvalue weighted by atomic mass is 16.3. The molecule has 126 valence electrons. The number of benzene rings is 2. The number of nitrogens with one attached hydrogen (secondary N) is 2. The van der Waals surface area contributed by atoms with Gasteiger partial charge in [-0.3, -0.25) is 0 Å². The number of urea groups is 1. The van der Waals surface area contributed by atoms with Crippen molar-refractivity contribution in [3.63, 3.8) is 0 Å². The smallest absolute Gasteiger partial charge is 0.320 e. The van der Waals surface area contributed by atoms with Crippen LogP contribution in [-0.4, -0.2) is 17.7 Å². The summed E-state index contributed by atoms with van der Waals surface area (Å²) in [6.07, 6.45) is 1.57. The van der Waals surface area contributed by atoms with Crippen LogP contribution >= 0.6 is 0 Å². The molecule has 1 atom stereocenters. The zero-order valence-electron chi connectivity index (χ0n) is 14.2. The van der Waals surface area contributed by atoms with Crippen molar-refractivity contribution in [3.8, 4) is 0 Å². The number of para-hydroxylation sites is 1. The van der Waals surface area contributed by atoms with E-state index < -0.39 is 5.54 Å². The molecule has 2 aromatic carbocycles. The van der Waals surface area contributed by atoms with Crippen molar-refractivity contribution in [2.45, 2.75) is 38.1 Å². The largest absolute Gasteiger partial charge is 0.394 e. The Balaban J connectivity index is 1.80. The molecule has 2 aromatic rings. The quantitative estimate of drug-likeness (QED) is 0.802. The van der Waals surface area contributed by atoms with Crippen molar-refractivity contribution in [3.05, 3.63) is 65.2 Å². The monoisotopic (exact) mass is 324 g/mol. The summed E-state index contributed by atoms with van der Waals surface area (Å²) in [6.45, 7) is 4.09. The fraction of sp³-hybridized carbons (Fsp3) is 0.350. The lowest BCUT2D eigenvalue weighted by Crippen LogP contribution is -2.49. The van der Waals surface area contributed by atoms with Crippen LogP contribution in [0.2, 0.25) is 0 Å². The number of carbonyl (C=O) groups is 1. The maximum absolute atomic E-state index is 12.6. The maximum atomic E-state index is 12.6. The van der Waals surface area contributed by atoms with E-state index >= 15 is 0 Å². The molecule has 0 bridgehead atoms. The summed E-state index contributed by atoms with van der Waals surface area (Å²) in [5.74, 6) is 0.320. The molecule has 3 rings (SSSR count). The first kappa shape index (κ1) is 16.5. The van der Waals surface area contributed by atoms with E-state index in [4.69, 9.17) is 0 Å². The summed E-state index contributed by atoms with van der Waals surface area (Å²) < 4.78 is 0. The lowest BCUT2D eigenvalue weighted by molar-refractivity contribution is 0.164. The number of aryl methyl sites for hydroxylation is 1. The Bertz CT molecular complexity index is 742. The number of hydrogen-bond donors (Lipinski definition) is 3. The Labute approximate surface area is 142 Å². The topological polar surface area (TPSA) is 61.4 Å². The summed E-state index contributed by atoms with van der Waals surface area (Å²) in [7, 11) is 0. The predicted octanol–water partition coefficient (Wildman–Crippen LogP) is 3.77. The number of anilines is 1. The number of aliphatic hydroxyl groups is 1. The fourth-order valence-electron chi connectivity index (χ4n) is 3.51. The molecule has 0 saturated carbocycles. The number of carbonyl (C=O) groups excluding carboxylic acids is 1. The molecule has 4 heteroatoms. The van der Waals surface area contributed by atoms with Gasteiger partial charge in [0.2, 0.25) is 0 Å². The van der Waals surface area contributed by atoms with E-state index in [2.05, 4.69) is 30.5 Å². The highest BCUT2D eigenvalue weighted by Crippen LogP contribution is 2.36. The van der Waals surface area contributed by atoms with Gasteiger partial charge in [0.15, 0.2) is 0 Å². The first-order valence-electron chi connectivity index (χ1n) is 8.43. The minimum atomic E-state index is -0.701. The predicted molar refractivity (Wildman–Crippen MR) is 96.2 cm³/mol. The highest BCUT2D eigenvalue weighted by Gasteiger charge is 2.39. The van der Waals surface area contributed by atoms with Crippen molar-refractivity contribution < 1.29 is 9.90 Å². The van der Waals surface area contributed by atoms with Crippen LogP contribution in [0.4, 0.5) is 10.5 Å². The molecule has 1 aliphatic carbocycles. The van der Waals surface area contributed by atoms with E-state index in [1.807, 2.05) is 42.5 Å². The molecule has 0 heterocycles. The standard InChI is InChI=1S/C20H24N2O2/c1-14(2)16-8-4-6-10-18(16)21-19(24)22-20(13-23)12-11-15-7-3-5-9-17(15)20/h3-10,14,23H,11-13H2,1-2H3,(H2,21,22,24). The minimum Gasteiger partial charge on any atom is -0.394 e. The SMILES string of the molecule is CC(C)c1ccccc1NC(=O)NC1(CO)CCc2ccccc21. The number of fused-ring (bicyclic) bond motifs is 1. The highest BCUT2D eigenvalue weighted by molar-refractivity contribution is 5.91. The van der Waals surface area contributed by atoms with Gasteiger partial charge in [-0.15, -0.1) is 0 Å². The van der Waals surface area contributed by atoms with E-state index in [-0.39, 0.29) is 12.6 Å². The van der Waals surface area contributed by atoms with Crippen LogP contribution in [0.15, 0.2) is 48.5 Å². The maximum Gasteiger partial charge on any atom is 0.320 e. The second kappa shape index (κ2) is 6.65. The Morgan fingerprint density at radius 3 is 2.62 bits per heavy atom. The molecule has 0 saturated heterocycles. The summed E-state index contributed by atoms with van der Waals surface area (Å²) in [4.78, 5) is 12.6. The van der Waals surface area contributed by atoms with Gasteiger partial charge < -0.3 is 15.7 Å². The van der Waals surface area contributed by atoms with Crippen LogP contribution in [0.5, 0.6) is 0 Å². The average molecular weight is 324 g/mol. The van der Waals surface area contributed by atoms with Crippen LogP contribution < -0.4 is 10.6 Å². The molecule has 0 spiro atoms. The lowest BCUT2D eigenvalue weighted by Gasteiger charge is -2.30. The second-order valence-electron chi connectivity index (χ2n) is 6.72. The van der Waals surface area contributed by atoms with Gasteiger partial charge in [-0.2, -0.15) is 0 Å². The van der Waals surface area contributed by atoms with E-state index in [1.165, 1.54) is 5.56 Å². The van der Waals surface area contributed by atoms with E-state index in [1.54, 1.807) is 0 Å². The lowest BCUT2D eigenvalue weighted by atomic mass is 9.93. The summed E-state index contributed by atoms with van der Waals surface area (Å²) in [6, 6.07) is 15.5. The normalized spacial score (nSPS) is 19.2. The molecule has 0 fully saturated rings. The molecule has 2 amide bonds. The third-order valence-electron chi connectivity index (χ3n) is 4.81.